The van der Waals surface area contributed by atoms with E-state index in [4.69, 9.17) is 10.5 Å². The Labute approximate surface area is 99.8 Å². The molecule has 0 aliphatic carbocycles. The van der Waals surface area contributed by atoms with Crippen LogP contribution in [0.25, 0.3) is 11.4 Å². The first kappa shape index (κ1) is 11.7. The first-order valence-electron chi connectivity index (χ1n) is 5.43. The Balaban J connectivity index is 2.52. The van der Waals surface area contributed by atoms with Crippen LogP contribution in [0.2, 0.25) is 0 Å². The van der Waals surface area contributed by atoms with Crippen molar-refractivity contribution in [2.24, 2.45) is 12.8 Å². The van der Waals surface area contributed by atoms with Crippen molar-refractivity contribution >= 4 is 0 Å². The minimum absolute atomic E-state index is 0.0702. The van der Waals surface area contributed by atoms with Crippen LogP contribution < -0.4 is 10.5 Å². The summed E-state index contributed by atoms with van der Waals surface area (Å²) in [5.74, 6) is 1.42. The van der Waals surface area contributed by atoms with E-state index in [2.05, 4.69) is 15.1 Å². The fraction of sp³-hybridized carbons (Fsp3) is 0.455. The van der Waals surface area contributed by atoms with Gasteiger partial charge in [-0.25, -0.2) is 9.67 Å². The molecule has 1 atom stereocenters. The Kier molecular flexibility index (Phi) is 2.89. The number of hydrogen-bond acceptors (Lipinski definition) is 4. The standard InChI is InChI=1S/C11H17N5O/c1-6(12)8-5-13-10(14-8)9-7(2)15-16(3)11(9)17-4/h5-6H,12H2,1-4H3,(H,13,14). The number of ether oxygens (including phenoxy) is 1. The minimum atomic E-state index is -0.0702. The third-order valence-electron chi connectivity index (χ3n) is 2.69. The van der Waals surface area contributed by atoms with Gasteiger partial charge in [-0.05, 0) is 13.8 Å². The van der Waals surface area contributed by atoms with Gasteiger partial charge in [-0.1, -0.05) is 0 Å². The van der Waals surface area contributed by atoms with Crippen molar-refractivity contribution in [3.8, 4) is 17.3 Å². The number of rotatable bonds is 3. The summed E-state index contributed by atoms with van der Waals surface area (Å²) < 4.78 is 7.02. The molecule has 2 rings (SSSR count). The van der Waals surface area contributed by atoms with Crippen molar-refractivity contribution in [2.75, 3.05) is 7.11 Å². The average molecular weight is 235 g/mol. The lowest BCUT2D eigenvalue weighted by Crippen LogP contribution is -2.04. The topological polar surface area (TPSA) is 81.8 Å². The summed E-state index contributed by atoms with van der Waals surface area (Å²) in [5, 5.41) is 4.31. The second kappa shape index (κ2) is 4.21. The molecule has 0 spiro atoms. The van der Waals surface area contributed by atoms with Crippen LogP contribution >= 0.6 is 0 Å². The van der Waals surface area contributed by atoms with Crippen LogP contribution in [0.15, 0.2) is 6.20 Å². The summed E-state index contributed by atoms with van der Waals surface area (Å²) in [6, 6.07) is -0.0702. The van der Waals surface area contributed by atoms with E-state index < -0.39 is 0 Å². The highest BCUT2D eigenvalue weighted by molar-refractivity contribution is 5.65. The second-order valence-corrected chi connectivity index (χ2v) is 4.07. The Morgan fingerprint density at radius 1 is 1.53 bits per heavy atom. The number of nitrogens with zero attached hydrogens (tertiary/aromatic N) is 3. The van der Waals surface area contributed by atoms with Gasteiger partial charge in [-0.3, -0.25) is 0 Å². The SMILES string of the molecule is COc1c(-c2ncc(C(C)N)[nH]2)c(C)nn1C. The van der Waals surface area contributed by atoms with Gasteiger partial charge in [0.2, 0.25) is 5.88 Å². The van der Waals surface area contributed by atoms with Crippen molar-refractivity contribution in [2.45, 2.75) is 19.9 Å². The maximum Gasteiger partial charge on any atom is 0.222 e. The molecule has 2 heterocycles. The number of methoxy groups -OCH3 is 1. The zero-order chi connectivity index (χ0) is 12.6. The zero-order valence-electron chi connectivity index (χ0n) is 10.5. The van der Waals surface area contributed by atoms with E-state index >= 15 is 0 Å². The normalized spacial score (nSPS) is 12.8. The lowest BCUT2D eigenvalue weighted by Gasteiger charge is -2.03. The van der Waals surface area contributed by atoms with E-state index in [0.29, 0.717) is 5.88 Å². The summed E-state index contributed by atoms with van der Waals surface area (Å²) >= 11 is 0. The molecular weight excluding hydrogens is 218 g/mol. The van der Waals surface area contributed by atoms with E-state index in [1.54, 1.807) is 18.0 Å². The summed E-state index contributed by atoms with van der Waals surface area (Å²) in [7, 11) is 3.46. The number of nitrogens with one attached hydrogen (secondary N) is 1. The highest BCUT2D eigenvalue weighted by Gasteiger charge is 2.18. The predicted octanol–water partition coefficient (Wildman–Crippen LogP) is 1.15. The molecule has 0 aromatic carbocycles. The molecule has 0 saturated heterocycles. The highest BCUT2D eigenvalue weighted by Crippen LogP contribution is 2.30. The van der Waals surface area contributed by atoms with Crippen molar-refractivity contribution < 1.29 is 4.74 Å². The van der Waals surface area contributed by atoms with Crippen LogP contribution in [0, 0.1) is 6.92 Å². The van der Waals surface area contributed by atoms with Gasteiger partial charge in [0.1, 0.15) is 11.4 Å². The van der Waals surface area contributed by atoms with Gasteiger partial charge < -0.3 is 15.5 Å². The molecule has 2 aromatic rings. The van der Waals surface area contributed by atoms with Crippen LogP contribution in [-0.2, 0) is 7.05 Å². The molecule has 0 radical (unpaired) electrons. The molecule has 0 aliphatic rings. The monoisotopic (exact) mass is 235 g/mol. The molecule has 6 nitrogen and oxygen atoms in total. The Hall–Kier alpha value is -1.82. The quantitative estimate of drug-likeness (QED) is 0.836. The van der Waals surface area contributed by atoms with Gasteiger partial charge in [0.15, 0.2) is 0 Å². The summed E-state index contributed by atoms with van der Waals surface area (Å²) in [6.45, 7) is 3.83. The first-order chi connectivity index (χ1) is 8.04. The van der Waals surface area contributed by atoms with Gasteiger partial charge >= 0.3 is 0 Å². The molecule has 17 heavy (non-hydrogen) atoms. The first-order valence-corrected chi connectivity index (χ1v) is 5.43. The highest BCUT2D eigenvalue weighted by atomic mass is 16.5. The largest absolute Gasteiger partial charge is 0.481 e. The molecule has 0 aliphatic heterocycles. The molecule has 3 N–H and O–H groups in total. The van der Waals surface area contributed by atoms with Crippen LogP contribution in [-0.4, -0.2) is 26.9 Å². The molecule has 6 heteroatoms. The van der Waals surface area contributed by atoms with Crippen molar-refractivity contribution in [1.82, 2.24) is 19.7 Å². The third kappa shape index (κ3) is 1.91. The summed E-state index contributed by atoms with van der Waals surface area (Å²) in [4.78, 5) is 7.51. The number of aromatic nitrogens is 4. The van der Waals surface area contributed by atoms with E-state index in [1.807, 2.05) is 20.9 Å². The van der Waals surface area contributed by atoms with E-state index in [1.165, 1.54) is 0 Å². The van der Waals surface area contributed by atoms with Crippen LogP contribution in [0.3, 0.4) is 0 Å². The van der Waals surface area contributed by atoms with Gasteiger partial charge in [0, 0.05) is 13.1 Å². The van der Waals surface area contributed by atoms with E-state index in [-0.39, 0.29) is 6.04 Å². The minimum Gasteiger partial charge on any atom is -0.481 e. The molecule has 2 aromatic heterocycles. The number of imidazole rings is 1. The van der Waals surface area contributed by atoms with Gasteiger partial charge in [-0.2, -0.15) is 5.10 Å². The lowest BCUT2D eigenvalue weighted by molar-refractivity contribution is 0.374. The molecular formula is C11H17N5O. The van der Waals surface area contributed by atoms with E-state index in [0.717, 1.165) is 22.8 Å². The molecule has 0 saturated carbocycles. The Morgan fingerprint density at radius 2 is 2.24 bits per heavy atom. The maximum atomic E-state index is 5.80. The lowest BCUT2D eigenvalue weighted by atomic mass is 10.2. The number of aromatic amines is 1. The van der Waals surface area contributed by atoms with Crippen molar-refractivity contribution in [3.05, 3.63) is 17.6 Å². The molecule has 0 bridgehead atoms. The predicted molar refractivity (Wildman–Crippen MR) is 64.7 cm³/mol. The molecule has 1 unspecified atom stereocenters. The van der Waals surface area contributed by atoms with Crippen LogP contribution in [0.1, 0.15) is 24.4 Å². The van der Waals surface area contributed by atoms with Crippen molar-refractivity contribution in [3.63, 3.8) is 0 Å². The number of aryl methyl sites for hydroxylation is 2. The van der Waals surface area contributed by atoms with Gasteiger partial charge in [-0.15, -0.1) is 0 Å². The van der Waals surface area contributed by atoms with Crippen molar-refractivity contribution in [1.29, 1.82) is 0 Å². The summed E-state index contributed by atoms with van der Waals surface area (Å²) in [6.07, 6.45) is 1.74. The smallest absolute Gasteiger partial charge is 0.222 e. The van der Waals surface area contributed by atoms with Gasteiger partial charge in [0.25, 0.3) is 0 Å². The van der Waals surface area contributed by atoms with Crippen LogP contribution in [0.4, 0.5) is 0 Å². The van der Waals surface area contributed by atoms with Crippen LogP contribution in [0.5, 0.6) is 5.88 Å². The maximum absolute atomic E-state index is 5.80. The fourth-order valence-corrected chi connectivity index (χ4v) is 1.84. The molecule has 0 amide bonds. The zero-order valence-corrected chi connectivity index (χ0v) is 10.5. The number of nitrogens with two attached hydrogens (primary N) is 1. The fourth-order valence-electron chi connectivity index (χ4n) is 1.84. The van der Waals surface area contributed by atoms with E-state index in [9.17, 15) is 0 Å². The summed E-state index contributed by atoms with van der Waals surface area (Å²) in [5.41, 5.74) is 8.44. The Bertz CT molecular complexity index is 526. The second-order valence-electron chi connectivity index (χ2n) is 4.07. The van der Waals surface area contributed by atoms with Gasteiger partial charge in [0.05, 0.1) is 24.7 Å². The molecule has 0 fully saturated rings. The number of H-pyrrole nitrogens is 1. The average Bonchev–Trinajstić information content (AvgIpc) is 2.82. The number of hydrogen-bond donors (Lipinski definition) is 2. The third-order valence-corrected chi connectivity index (χ3v) is 2.69. The Morgan fingerprint density at radius 3 is 2.76 bits per heavy atom. The molecule has 92 valence electrons.